The van der Waals surface area contributed by atoms with Gasteiger partial charge < -0.3 is 19.3 Å². The van der Waals surface area contributed by atoms with Crippen LogP contribution in [0.15, 0.2) is 36.4 Å². The summed E-state index contributed by atoms with van der Waals surface area (Å²) in [6.07, 6.45) is 1.76. The highest BCUT2D eigenvalue weighted by molar-refractivity contribution is 6.33. The molecule has 0 saturated carbocycles. The van der Waals surface area contributed by atoms with Gasteiger partial charge in [-0.3, -0.25) is 4.79 Å². The number of ether oxygens (including phenoxy) is 2. The van der Waals surface area contributed by atoms with Crippen LogP contribution in [0.4, 0.5) is 14.5 Å². The lowest BCUT2D eigenvalue weighted by atomic mass is 10.1. The smallest absolute Gasteiger partial charge is 0.255 e. The van der Waals surface area contributed by atoms with Crippen molar-refractivity contribution in [1.82, 2.24) is 4.90 Å². The zero-order chi connectivity index (χ0) is 20.5. The summed E-state index contributed by atoms with van der Waals surface area (Å²) in [5, 5.41) is 0.102. The topological polar surface area (TPSA) is 42.0 Å². The van der Waals surface area contributed by atoms with Gasteiger partial charge in [0, 0.05) is 32.3 Å². The number of hydrogen-bond donors (Lipinski definition) is 0. The van der Waals surface area contributed by atoms with Crippen LogP contribution in [-0.2, 0) is 4.74 Å². The van der Waals surface area contributed by atoms with E-state index in [4.69, 9.17) is 21.1 Å². The minimum atomic E-state index is -0.480. The number of anilines is 1. The second kappa shape index (κ2) is 8.16. The summed E-state index contributed by atoms with van der Waals surface area (Å²) >= 11 is 6.08. The molecule has 2 aromatic carbocycles. The lowest BCUT2D eigenvalue weighted by Gasteiger charge is -2.43. The van der Waals surface area contributed by atoms with Crippen molar-refractivity contribution >= 4 is 23.2 Å². The molecule has 2 fully saturated rings. The molecule has 0 aromatic heterocycles. The minimum absolute atomic E-state index is 0.0311. The fraction of sp³-hybridized carbons (Fsp3) is 0.381. The summed E-state index contributed by atoms with van der Waals surface area (Å²) in [6.45, 7) is 0.900. The second-order valence-corrected chi connectivity index (χ2v) is 7.67. The SMILES string of the molecule is COCOc1c(F)cccc1N1C2CCC1CN(C(=O)c1ccc(F)cc1Cl)C2. The third-order valence-corrected chi connectivity index (χ3v) is 5.79. The number of nitrogens with zero attached hydrogens (tertiary/aromatic N) is 2. The number of amides is 1. The third-order valence-electron chi connectivity index (χ3n) is 5.48. The van der Waals surface area contributed by atoms with Crippen LogP contribution < -0.4 is 9.64 Å². The van der Waals surface area contributed by atoms with Crippen molar-refractivity contribution in [3.8, 4) is 5.75 Å². The van der Waals surface area contributed by atoms with Crippen LogP contribution in [0.25, 0.3) is 0 Å². The molecule has 2 heterocycles. The van der Waals surface area contributed by atoms with Crippen LogP contribution in [0.2, 0.25) is 5.02 Å². The van der Waals surface area contributed by atoms with Crippen molar-refractivity contribution in [3.63, 3.8) is 0 Å². The van der Waals surface area contributed by atoms with E-state index in [1.54, 1.807) is 11.0 Å². The number of hydrogen-bond acceptors (Lipinski definition) is 4. The predicted molar refractivity (Wildman–Crippen MR) is 106 cm³/mol. The second-order valence-electron chi connectivity index (χ2n) is 7.27. The maximum atomic E-state index is 14.4. The number of fused-ring (bicyclic) bond motifs is 2. The molecule has 0 radical (unpaired) electrons. The van der Waals surface area contributed by atoms with Gasteiger partial charge in [0.15, 0.2) is 18.4 Å². The van der Waals surface area contributed by atoms with E-state index in [0.717, 1.165) is 18.9 Å². The lowest BCUT2D eigenvalue weighted by molar-refractivity contribution is 0.0483. The summed E-state index contributed by atoms with van der Waals surface area (Å²) in [5.74, 6) is -0.990. The van der Waals surface area contributed by atoms with Gasteiger partial charge >= 0.3 is 0 Å². The van der Waals surface area contributed by atoms with E-state index in [1.807, 2.05) is 6.07 Å². The van der Waals surface area contributed by atoms with Gasteiger partial charge in [-0.2, -0.15) is 0 Å². The maximum absolute atomic E-state index is 14.4. The fourth-order valence-corrected chi connectivity index (χ4v) is 4.50. The number of rotatable bonds is 5. The van der Waals surface area contributed by atoms with Crippen molar-refractivity contribution in [2.24, 2.45) is 0 Å². The average Bonchev–Trinajstić information content (AvgIpc) is 2.95. The number of carbonyl (C=O) groups is 1. The maximum Gasteiger partial charge on any atom is 0.255 e. The minimum Gasteiger partial charge on any atom is -0.462 e. The number of carbonyl (C=O) groups excluding carboxylic acids is 1. The Hall–Kier alpha value is -2.38. The lowest BCUT2D eigenvalue weighted by Crippen LogP contribution is -2.55. The Morgan fingerprint density at radius 1 is 1.17 bits per heavy atom. The van der Waals surface area contributed by atoms with Gasteiger partial charge in [-0.1, -0.05) is 17.7 Å². The normalized spacial score (nSPS) is 20.8. The van der Waals surface area contributed by atoms with E-state index in [9.17, 15) is 13.6 Å². The van der Waals surface area contributed by atoms with Crippen LogP contribution in [0, 0.1) is 11.6 Å². The third kappa shape index (κ3) is 3.76. The molecule has 0 N–H and O–H groups in total. The molecule has 5 nitrogen and oxygen atoms in total. The molecule has 154 valence electrons. The summed E-state index contributed by atoms with van der Waals surface area (Å²) in [4.78, 5) is 16.8. The molecule has 2 atom stereocenters. The molecule has 2 aliphatic heterocycles. The Bertz CT molecular complexity index is 913. The molecule has 2 unspecified atom stereocenters. The first-order chi connectivity index (χ1) is 14.0. The van der Waals surface area contributed by atoms with Crippen LogP contribution >= 0.6 is 11.6 Å². The number of piperazine rings is 1. The van der Waals surface area contributed by atoms with Crippen molar-refractivity contribution < 1.29 is 23.0 Å². The van der Waals surface area contributed by atoms with Gasteiger partial charge in [-0.05, 0) is 43.2 Å². The van der Waals surface area contributed by atoms with Crippen LogP contribution in [0.5, 0.6) is 5.75 Å². The van der Waals surface area contributed by atoms with Crippen LogP contribution in [0.1, 0.15) is 23.2 Å². The van der Waals surface area contributed by atoms with Crippen LogP contribution in [-0.4, -0.2) is 49.9 Å². The Morgan fingerprint density at radius 2 is 1.90 bits per heavy atom. The van der Waals surface area contributed by atoms with Crippen molar-refractivity contribution in [2.75, 3.05) is 31.9 Å². The zero-order valence-corrected chi connectivity index (χ0v) is 16.7. The largest absolute Gasteiger partial charge is 0.462 e. The summed E-state index contributed by atoms with van der Waals surface area (Å²) in [6, 6.07) is 8.69. The van der Waals surface area contributed by atoms with Gasteiger partial charge in [0.25, 0.3) is 5.91 Å². The molecule has 0 aliphatic carbocycles. The Balaban J connectivity index is 1.57. The molecule has 4 rings (SSSR count). The standard InChI is InChI=1S/C21H21ClF2N2O3/c1-28-12-29-20-18(24)3-2-4-19(20)26-14-6-7-15(26)11-25(10-14)21(27)16-8-5-13(23)9-17(16)22/h2-5,8-9,14-15H,6-7,10-12H2,1H3. The molecule has 8 heteroatoms. The van der Waals surface area contributed by atoms with E-state index in [-0.39, 0.29) is 41.1 Å². The Labute approximate surface area is 172 Å². The summed E-state index contributed by atoms with van der Waals surface area (Å²) in [7, 11) is 1.48. The number of halogens is 3. The molecular weight excluding hydrogens is 402 g/mol. The van der Waals surface area contributed by atoms with Gasteiger partial charge in [-0.15, -0.1) is 0 Å². The highest BCUT2D eigenvalue weighted by atomic mass is 35.5. The van der Waals surface area contributed by atoms with Crippen LogP contribution in [0.3, 0.4) is 0 Å². The first kappa shape index (κ1) is 19.9. The number of methoxy groups -OCH3 is 1. The Morgan fingerprint density at radius 3 is 2.55 bits per heavy atom. The predicted octanol–water partition coefficient (Wildman–Crippen LogP) is 4.09. The molecule has 2 aromatic rings. The average molecular weight is 423 g/mol. The molecule has 1 amide bonds. The van der Waals surface area contributed by atoms with E-state index in [1.165, 1.54) is 25.3 Å². The summed E-state index contributed by atoms with van der Waals surface area (Å²) in [5.41, 5.74) is 0.956. The molecular formula is C21H21ClF2N2O3. The molecule has 2 saturated heterocycles. The van der Waals surface area contributed by atoms with Crippen molar-refractivity contribution in [1.29, 1.82) is 0 Å². The molecule has 2 bridgehead atoms. The van der Waals surface area contributed by atoms with E-state index >= 15 is 0 Å². The first-order valence-electron chi connectivity index (χ1n) is 9.42. The van der Waals surface area contributed by atoms with E-state index in [2.05, 4.69) is 4.90 Å². The first-order valence-corrected chi connectivity index (χ1v) is 9.80. The zero-order valence-electron chi connectivity index (χ0n) is 15.9. The fourth-order valence-electron chi connectivity index (χ4n) is 4.26. The van der Waals surface area contributed by atoms with Gasteiger partial charge in [0.05, 0.1) is 16.3 Å². The van der Waals surface area contributed by atoms with Crippen molar-refractivity contribution in [2.45, 2.75) is 24.9 Å². The quantitative estimate of drug-likeness (QED) is 0.680. The summed E-state index contributed by atoms with van der Waals surface area (Å²) < 4.78 is 38.1. The number of para-hydroxylation sites is 1. The molecule has 0 spiro atoms. The van der Waals surface area contributed by atoms with E-state index in [0.29, 0.717) is 18.8 Å². The Kier molecular flexibility index (Phi) is 5.61. The van der Waals surface area contributed by atoms with E-state index < -0.39 is 11.6 Å². The highest BCUT2D eigenvalue weighted by Gasteiger charge is 2.43. The van der Waals surface area contributed by atoms with Crippen molar-refractivity contribution in [3.05, 3.63) is 58.6 Å². The van der Waals surface area contributed by atoms with Gasteiger partial charge in [0.1, 0.15) is 5.82 Å². The number of likely N-dealkylation sites (tertiary alicyclic amines) is 1. The number of benzene rings is 2. The van der Waals surface area contributed by atoms with Gasteiger partial charge in [0.2, 0.25) is 0 Å². The van der Waals surface area contributed by atoms with Gasteiger partial charge in [-0.25, -0.2) is 8.78 Å². The highest BCUT2D eigenvalue weighted by Crippen LogP contribution is 2.41. The molecule has 29 heavy (non-hydrogen) atoms. The monoisotopic (exact) mass is 422 g/mol. The molecule has 2 aliphatic rings.